The van der Waals surface area contributed by atoms with E-state index in [0.717, 1.165) is 59.2 Å². The molecule has 5 nitrogen and oxygen atoms in total. The Morgan fingerprint density at radius 1 is 1.28 bits per heavy atom. The number of nitrogens with zero attached hydrogens (tertiary/aromatic N) is 2. The summed E-state index contributed by atoms with van der Waals surface area (Å²) in [6.45, 7) is 5.54. The molecule has 1 aliphatic heterocycles. The lowest BCUT2D eigenvalue weighted by atomic mass is 9.97. The third-order valence-corrected chi connectivity index (χ3v) is 6.11. The third kappa shape index (κ3) is 3.11. The molecule has 2 aromatic heterocycles. The van der Waals surface area contributed by atoms with Crippen LogP contribution in [0.3, 0.4) is 0 Å². The van der Waals surface area contributed by atoms with Crippen molar-refractivity contribution in [1.29, 1.82) is 0 Å². The van der Waals surface area contributed by atoms with Gasteiger partial charge in [0, 0.05) is 30.0 Å². The molecule has 0 aliphatic carbocycles. The van der Waals surface area contributed by atoms with Crippen LogP contribution in [0.25, 0.3) is 22.0 Å². The summed E-state index contributed by atoms with van der Waals surface area (Å²) in [5.74, 6) is 1.64. The Balaban J connectivity index is 1.42. The number of fused-ring (bicyclic) bond motifs is 2. The average Bonchev–Trinajstić information content (AvgIpc) is 3.34. The molecule has 0 radical (unpaired) electrons. The van der Waals surface area contributed by atoms with Crippen LogP contribution in [0.5, 0.6) is 0 Å². The highest BCUT2D eigenvalue weighted by molar-refractivity contribution is 5.99. The fourth-order valence-corrected chi connectivity index (χ4v) is 4.39. The topological polar surface area (TPSA) is 62.1 Å². The number of aromatic amines is 1. The van der Waals surface area contributed by atoms with Gasteiger partial charge < -0.3 is 14.3 Å². The molecule has 0 bridgehead atoms. The van der Waals surface area contributed by atoms with Crippen LogP contribution in [0.1, 0.15) is 53.2 Å². The van der Waals surface area contributed by atoms with E-state index in [4.69, 9.17) is 9.40 Å². The number of carbonyl (C=O) groups excluding carboxylic acids is 1. The molecular weight excluding hydrogens is 362 g/mol. The van der Waals surface area contributed by atoms with Gasteiger partial charge in [-0.25, -0.2) is 4.98 Å². The van der Waals surface area contributed by atoms with Crippen LogP contribution in [0.4, 0.5) is 0 Å². The number of furan rings is 1. The molecule has 1 saturated heterocycles. The van der Waals surface area contributed by atoms with Crippen LogP contribution in [-0.4, -0.2) is 33.9 Å². The fourth-order valence-electron chi connectivity index (χ4n) is 4.39. The number of nitrogens with one attached hydrogen (secondary N) is 1. The summed E-state index contributed by atoms with van der Waals surface area (Å²) in [6.07, 6.45) is 2.96. The van der Waals surface area contributed by atoms with E-state index in [9.17, 15) is 4.79 Å². The van der Waals surface area contributed by atoms with Crippen LogP contribution in [0, 0.1) is 6.92 Å². The molecule has 1 fully saturated rings. The van der Waals surface area contributed by atoms with Gasteiger partial charge in [0.05, 0.1) is 11.0 Å². The van der Waals surface area contributed by atoms with Gasteiger partial charge in [0.25, 0.3) is 5.91 Å². The van der Waals surface area contributed by atoms with Gasteiger partial charge in [0.1, 0.15) is 11.4 Å². The minimum atomic E-state index is -0.0161. The Bertz CT molecular complexity index is 1170. The number of hydrogen-bond donors (Lipinski definition) is 1. The SMILES string of the molecule is CCc1ccc2oc(C(=O)N3CCCC(c4nc5ccccc5[nH]4)C3)c(C)c2c1. The van der Waals surface area contributed by atoms with Gasteiger partial charge >= 0.3 is 0 Å². The van der Waals surface area contributed by atoms with E-state index in [-0.39, 0.29) is 11.8 Å². The number of piperidine rings is 1. The van der Waals surface area contributed by atoms with E-state index in [0.29, 0.717) is 12.3 Å². The Kier molecular flexibility index (Phi) is 4.38. The van der Waals surface area contributed by atoms with E-state index >= 15 is 0 Å². The van der Waals surface area contributed by atoms with Gasteiger partial charge in [0.15, 0.2) is 5.76 Å². The predicted molar refractivity (Wildman–Crippen MR) is 114 cm³/mol. The number of likely N-dealkylation sites (tertiary alicyclic amines) is 1. The molecule has 1 atom stereocenters. The number of para-hydroxylation sites is 2. The van der Waals surface area contributed by atoms with Crippen molar-refractivity contribution in [2.45, 2.75) is 39.0 Å². The molecule has 1 aliphatic rings. The maximum absolute atomic E-state index is 13.3. The molecule has 0 saturated carbocycles. The van der Waals surface area contributed by atoms with Crippen molar-refractivity contribution in [2.75, 3.05) is 13.1 Å². The van der Waals surface area contributed by atoms with Crippen molar-refractivity contribution in [3.63, 3.8) is 0 Å². The van der Waals surface area contributed by atoms with Crippen molar-refractivity contribution < 1.29 is 9.21 Å². The maximum atomic E-state index is 13.3. The van der Waals surface area contributed by atoms with Crippen molar-refractivity contribution >= 4 is 27.9 Å². The van der Waals surface area contributed by atoms with Crippen molar-refractivity contribution in [3.05, 3.63) is 65.2 Å². The van der Waals surface area contributed by atoms with Crippen LogP contribution in [0.15, 0.2) is 46.9 Å². The van der Waals surface area contributed by atoms with Crippen molar-refractivity contribution in [3.8, 4) is 0 Å². The minimum absolute atomic E-state index is 0.0161. The standard InChI is InChI=1S/C24H25N3O2/c1-3-16-10-11-21-18(13-16)15(2)22(29-21)24(28)27-12-6-7-17(14-27)23-25-19-8-4-5-9-20(19)26-23/h4-5,8-11,13,17H,3,6-7,12,14H2,1-2H3,(H,25,26). The molecule has 0 spiro atoms. The van der Waals surface area contributed by atoms with Gasteiger partial charge in [-0.05, 0) is 56.0 Å². The maximum Gasteiger partial charge on any atom is 0.289 e. The van der Waals surface area contributed by atoms with Gasteiger partial charge in [0.2, 0.25) is 0 Å². The molecular formula is C24H25N3O2. The summed E-state index contributed by atoms with van der Waals surface area (Å²) in [6, 6.07) is 14.2. The van der Waals surface area contributed by atoms with E-state index in [2.05, 4.69) is 24.0 Å². The van der Waals surface area contributed by atoms with Gasteiger partial charge in [-0.3, -0.25) is 4.79 Å². The zero-order chi connectivity index (χ0) is 20.0. The van der Waals surface area contributed by atoms with Gasteiger partial charge in [-0.2, -0.15) is 0 Å². The number of carbonyl (C=O) groups is 1. The predicted octanol–water partition coefficient (Wildman–Crippen LogP) is 5.20. The Labute approximate surface area is 169 Å². The molecule has 29 heavy (non-hydrogen) atoms. The molecule has 2 aromatic carbocycles. The number of hydrogen-bond acceptors (Lipinski definition) is 3. The monoisotopic (exact) mass is 387 g/mol. The highest BCUT2D eigenvalue weighted by Gasteiger charge is 2.30. The first-order chi connectivity index (χ1) is 14.1. The average molecular weight is 387 g/mol. The van der Waals surface area contributed by atoms with Crippen LogP contribution in [-0.2, 0) is 6.42 Å². The van der Waals surface area contributed by atoms with Crippen LogP contribution >= 0.6 is 0 Å². The van der Waals surface area contributed by atoms with Crippen molar-refractivity contribution in [1.82, 2.24) is 14.9 Å². The molecule has 1 amide bonds. The van der Waals surface area contributed by atoms with Crippen LogP contribution < -0.4 is 0 Å². The van der Waals surface area contributed by atoms with E-state index in [1.807, 2.05) is 42.2 Å². The number of benzene rings is 2. The lowest BCUT2D eigenvalue weighted by Gasteiger charge is -2.31. The van der Waals surface area contributed by atoms with E-state index in [1.54, 1.807) is 0 Å². The van der Waals surface area contributed by atoms with E-state index in [1.165, 1.54) is 5.56 Å². The van der Waals surface area contributed by atoms with Gasteiger partial charge in [-0.15, -0.1) is 0 Å². The first kappa shape index (κ1) is 18.0. The number of aromatic nitrogens is 2. The molecule has 4 aromatic rings. The van der Waals surface area contributed by atoms with Gasteiger partial charge in [-0.1, -0.05) is 25.1 Å². The highest BCUT2D eigenvalue weighted by atomic mass is 16.3. The zero-order valence-electron chi connectivity index (χ0n) is 16.9. The smallest absolute Gasteiger partial charge is 0.289 e. The minimum Gasteiger partial charge on any atom is -0.451 e. The number of rotatable bonds is 3. The third-order valence-electron chi connectivity index (χ3n) is 6.11. The summed E-state index contributed by atoms with van der Waals surface area (Å²) in [5.41, 5.74) is 5.00. The van der Waals surface area contributed by atoms with Crippen LogP contribution in [0.2, 0.25) is 0 Å². The largest absolute Gasteiger partial charge is 0.451 e. The molecule has 148 valence electrons. The quantitative estimate of drug-likeness (QED) is 0.525. The zero-order valence-corrected chi connectivity index (χ0v) is 16.9. The Hall–Kier alpha value is -3.08. The summed E-state index contributed by atoms with van der Waals surface area (Å²) in [5, 5.41) is 1.04. The summed E-state index contributed by atoms with van der Waals surface area (Å²) in [7, 11) is 0. The summed E-state index contributed by atoms with van der Waals surface area (Å²) in [4.78, 5) is 23.4. The number of H-pyrrole nitrogens is 1. The molecule has 5 rings (SSSR count). The second-order valence-electron chi connectivity index (χ2n) is 7.97. The summed E-state index contributed by atoms with van der Waals surface area (Å²) >= 11 is 0. The Morgan fingerprint density at radius 2 is 2.14 bits per heavy atom. The van der Waals surface area contributed by atoms with E-state index < -0.39 is 0 Å². The second kappa shape index (κ2) is 7.07. The normalized spacial score (nSPS) is 17.3. The first-order valence-electron chi connectivity index (χ1n) is 10.4. The second-order valence-corrected chi connectivity index (χ2v) is 7.97. The summed E-state index contributed by atoms with van der Waals surface area (Å²) < 4.78 is 5.99. The molecule has 5 heteroatoms. The fraction of sp³-hybridized carbons (Fsp3) is 0.333. The molecule has 1 N–H and O–H groups in total. The number of aryl methyl sites for hydroxylation is 2. The first-order valence-corrected chi connectivity index (χ1v) is 10.4. The number of amides is 1. The lowest BCUT2D eigenvalue weighted by Crippen LogP contribution is -2.39. The Morgan fingerprint density at radius 3 is 2.97 bits per heavy atom. The molecule has 3 heterocycles. The highest BCUT2D eigenvalue weighted by Crippen LogP contribution is 2.31. The number of imidazole rings is 1. The molecule has 1 unspecified atom stereocenters. The van der Waals surface area contributed by atoms with Crippen molar-refractivity contribution in [2.24, 2.45) is 0 Å². The lowest BCUT2D eigenvalue weighted by molar-refractivity contribution is 0.0674.